The number of amides is 2. The minimum atomic E-state index is -0.587. The molecule has 0 spiro atoms. The topological polar surface area (TPSA) is 111 Å². The molecule has 0 unspecified atom stereocenters. The zero-order valence-electron chi connectivity index (χ0n) is 17.5. The Morgan fingerprint density at radius 2 is 1.88 bits per heavy atom. The first-order valence-electron chi connectivity index (χ1n) is 10.4. The lowest BCUT2D eigenvalue weighted by molar-refractivity contribution is 0.100. The maximum atomic E-state index is 13.1. The quantitative estimate of drug-likeness (QED) is 0.390. The average Bonchev–Trinajstić information content (AvgIpc) is 3.34. The number of rotatable bonds is 4. The van der Waals surface area contributed by atoms with Crippen molar-refractivity contribution in [3.05, 3.63) is 63.0 Å². The van der Waals surface area contributed by atoms with E-state index in [-0.39, 0.29) is 5.91 Å². The second-order valence-electron chi connectivity index (χ2n) is 8.04. The number of nitrogens with zero attached hydrogens (tertiary/aromatic N) is 1. The van der Waals surface area contributed by atoms with Gasteiger partial charge in [0, 0.05) is 22.0 Å². The van der Waals surface area contributed by atoms with Crippen molar-refractivity contribution >= 4 is 55.4 Å². The van der Waals surface area contributed by atoms with Crippen LogP contribution in [0, 0.1) is 6.92 Å². The summed E-state index contributed by atoms with van der Waals surface area (Å²) in [5, 5.41) is 5.94. The first-order valence-corrected chi connectivity index (χ1v) is 12.1. The lowest BCUT2D eigenvalue weighted by Crippen LogP contribution is -2.17. The van der Waals surface area contributed by atoms with Crippen LogP contribution in [0.25, 0.3) is 21.3 Å². The van der Waals surface area contributed by atoms with Crippen molar-refractivity contribution in [2.24, 2.45) is 5.73 Å². The Balaban J connectivity index is 1.50. The molecule has 2 amide bonds. The number of fused-ring (bicyclic) bond motifs is 2. The standard InChI is InChI=1S/C24H22N4O2S2/c1-12-6-8-13(9-7-12)16-11-31-24(18(16)21(26)29)28-22(30)20-19(25)15-10-14-4-2-3-5-17(14)27-23(15)32-20/h6-11H,2-5,25H2,1H3,(H2,26,29)(H,28,30). The summed E-state index contributed by atoms with van der Waals surface area (Å²) in [5.74, 6) is -0.945. The third kappa shape index (κ3) is 3.55. The molecule has 1 aliphatic rings. The lowest BCUT2D eigenvalue weighted by atomic mass is 9.95. The number of benzene rings is 1. The second-order valence-corrected chi connectivity index (χ2v) is 9.92. The Bertz CT molecular complexity index is 1370. The molecule has 0 bridgehead atoms. The summed E-state index contributed by atoms with van der Waals surface area (Å²) >= 11 is 2.56. The van der Waals surface area contributed by atoms with E-state index >= 15 is 0 Å². The molecule has 1 aromatic carbocycles. The van der Waals surface area contributed by atoms with E-state index < -0.39 is 5.91 Å². The van der Waals surface area contributed by atoms with Gasteiger partial charge in [-0.2, -0.15) is 0 Å². The number of aryl methyl sites for hydroxylation is 3. The van der Waals surface area contributed by atoms with Gasteiger partial charge in [0.2, 0.25) is 0 Å². The van der Waals surface area contributed by atoms with Crippen LogP contribution >= 0.6 is 22.7 Å². The van der Waals surface area contributed by atoms with Gasteiger partial charge in [0.25, 0.3) is 11.8 Å². The van der Waals surface area contributed by atoms with E-state index in [2.05, 4.69) is 11.4 Å². The van der Waals surface area contributed by atoms with Crippen molar-refractivity contribution in [2.45, 2.75) is 32.6 Å². The molecule has 0 atom stereocenters. The van der Waals surface area contributed by atoms with Crippen LogP contribution in [-0.4, -0.2) is 16.8 Å². The zero-order valence-corrected chi connectivity index (χ0v) is 19.2. The summed E-state index contributed by atoms with van der Waals surface area (Å²) in [5.41, 5.74) is 17.8. The highest BCUT2D eigenvalue weighted by Gasteiger charge is 2.24. The highest BCUT2D eigenvalue weighted by atomic mass is 32.1. The highest BCUT2D eigenvalue weighted by Crippen LogP contribution is 2.38. The number of nitrogens with two attached hydrogens (primary N) is 2. The summed E-state index contributed by atoms with van der Waals surface area (Å²) in [6.45, 7) is 2.00. The van der Waals surface area contributed by atoms with E-state index in [4.69, 9.17) is 16.5 Å². The molecule has 0 fully saturated rings. The van der Waals surface area contributed by atoms with Crippen molar-refractivity contribution < 1.29 is 9.59 Å². The van der Waals surface area contributed by atoms with E-state index in [1.807, 2.05) is 36.6 Å². The van der Waals surface area contributed by atoms with Crippen LogP contribution < -0.4 is 16.8 Å². The van der Waals surface area contributed by atoms with Gasteiger partial charge in [-0.1, -0.05) is 29.8 Å². The number of hydrogen-bond acceptors (Lipinski definition) is 6. The fraction of sp³-hybridized carbons (Fsp3) is 0.208. The fourth-order valence-electron chi connectivity index (χ4n) is 4.13. The SMILES string of the molecule is Cc1ccc(-c2csc(NC(=O)c3sc4nc5c(cc4c3N)CCCC5)c2C(N)=O)cc1. The molecule has 0 saturated heterocycles. The van der Waals surface area contributed by atoms with Gasteiger partial charge in [-0.25, -0.2) is 4.98 Å². The minimum Gasteiger partial charge on any atom is -0.397 e. The summed E-state index contributed by atoms with van der Waals surface area (Å²) < 4.78 is 0. The number of thiophene rings is 2. The largest absolute Gasteiger partial charge is 0.397 e. The van der Waals surface area contributed by atoms with E-state index in [0.29, 0.717) is 26.7 Å². The summed E-state index contributed by atoms with van der Waals surface area (Å²) in [4.78, 5) is 31.3. The lowest BCUT2D eigenvalue weighted by Gasteiger charge is -2.14. The van der Waals surface area contributed by atoms with Crippen molar-refractivity contribution in [1.29, 1.82) is 0 Å². The highest BCUT2D eigenvalue weighted by molar-refractivity contribution is 7.21. The number of anilines is 2. The molecule has 4 aromatic rings. The Morgan fingerprint density at radius 3 is 2.62 bits per heavy atom. The third-order valence-corrected chi connectivity index (χ3v) is 7.84. The molecule has 0 saturated carbocycles. The number of pyridine rings is 1. The summed E-state index contributed by atoms with van der Waals surface area (Å²) in [7, 11) is 0. The van der Waals surface area contributed by atoms with E-state index in [1.165, 1.54) is 28.2 Å². The number of nitrogens with one attached hydrogen (secondary N) is 1. The second kappa shape index (κ2) is 8.03. The van der Waals surface area contributed by atoms with Crippen LogP contribution in [0.15, 0.2) is 35.7 Å². The number of carbonyl (C=O) groups is 2. The van der Waals surface area contributed by atoms with E-state index in [1.54, 1.807) is 0 Å². The van der Waals surface area contributed by atoms with Crippen molar-refractivity contribution in [3.63, 3.8) is 0 Å². The van der Waals surface area contributed by atoms with Crippen LogP contribution in [0.2, 0.25) is 0 Å². The number of hydrogen-bond donors (Lipinski definition) is 3. The van der Waals surface area contributed by atoms with Gasteiger partial charge in [0.1, 0.15) is 14.7 Å². The molecule has 5 rings (SSSR count). The van der Waals surface area contributed by atoms with Gasteiger partial charge in [-0.05, 0) is 49.8 Å². The Kier molecular flexibility index (Phi) is 5.19. The molecular weight excluding hydrogens is 440 g/mol. The molecule has 32 heavy (non-hydrogen) atoms. The first-order chi connectivity index (χ1) is 15.4. The number of primary amides is 1. The van der Waals surface area contributed by atoms with Gasteiger partial charge in [0.15, 0.2) is 0 Å². The van der Waals surface area contributed by atoms with Gasteiger partial charge in [0.05, 0.1) is 11.3 Å². The Labute approximate surface area is 193 Å². The first kappa shape index (κ1) is 20.7. The monoisotopic (exact) mass is 462 g/mol. The van der Waals surface area contributed by atoms with Gasteiger partial charge < -0.3 is 16.8 Å². The van der Waals surface area contributed by atoms with Crippen LogP contribution in [-0.2, 0) is 12.8 Å². The number of nitrogen functional groups attached to an aromatic ring is 1. The maximum Gasteiger partial charge on any atom is 0.268 e. The molecule has 5 N–H and O–H groups in total. The molecule has 3 heterocycles. The summed E-state index contributed by atoms with van der Waals surface area (Å²) in [6.07, 6.45) is 4.24. The van der Waals surface area contributed by atoms with Gasteiger partial charge in [-0.3, -0.25) is 9.59 Å². The molecule has 3 aromatic heterocycles. The maximum absolute atomic E-state index is 13.1. The zero-order chi connectivity index (χ0) is 22.4. The molecule has 0 radical (unpaired) electrons. The van der Waals surface area contributed by atoms with Crippen LogP contribution in [0.3, 0.4) is 0 Å². The molecule has 8 heteroatoms. The van der Waals surface area contributed by atoms with Crippen LogP contribution in [0.4, 0.5) is 10.7 Å². The van der Waals surface area contributed by atoms with Crippen molar-refractivity contribution in [2.75, 3.05) is 11.1 Å². The molecule has 1 aliphatic carbocycles. The predicted molar refractivity (Wildman–Crippen MR) is 132 cm³/mol. The number of carbonyl (C=O) groups excluding carboxylic acids is 2. The van der Waals surface area contributed by atoms with Crippen LogP contribution in [0.5, 0.6) is 0 Å². The summed E-state index contributed by atoms with van der Waals surface area (Å²) in [6, 6.07) is 9.90. The Hall–Kier alpha value is -3.23. The van der Waals surface area contributed by atoms with E-state index in [0.717, 1.165) is 52.7 Å². The Morgan fingerprint density at radius 1 is 1.12 bits per heavy atom. The molecule has 0 aliphatic heterocycles. The van der Waals surface area contributed by atoms with Crippen molar-refractivity contribution in [3.8, 4) is 11.1 Å². The van der Waals surface area contributed by atoms with E-state index in [9.17, 15) is 9.59 Å². The average molecular weight is 463 g/mol. The molecule has 6 nitrogen and oxygen atoms in total. The van der Waals surface area contributed by atoms with Crippen LogP contribution in [0.1, 0.15) is 49.7 Å². The number of aromatic nitrogens is 1. The normalized spacial score (nSPS) is 13.2. The molecular formula is C24H22N4O2S2. The molecule has 162 valence electrons. The van der Waals surface area contributed by atoms with Gasteiger partial charge in [-0.15, -0.1) is 22.7 Å². The fourth-order valence-corrected chi connectivity index (χ4v) is 6.09. The van der Waals surface area contributed by atoms with Gasteiger partial charge >= 0.3 is 0 Å². The smallest absolute Gasteiger partial charge is 0.268 e. The minimum absolute atomic E-state index is 0.306. The third-order valence-electron chi connectivity index (χ3n) is 5.83. The predicted octanol–water partition coefficient (Wildman–Crippen LogP) is 5.15. The van der Waals surface area contributed by atoms with Crippen molar-refractivity contribution in [1.82, 2.24) is 4.98 Å².